The Morgan fingerprint density at radius 1 is 1.03 bits per heavy atom. The van der Waals surface area contributed by atoms with E-state index >= 15 is 0 Å². The highest BCUT2D eigenvalue weighted by molar-refractivity contribution is 6.07. The molecule has 4 aromatic rings. The van der Waals surface area contributed by atoms with Crippen molar-refractivity contribution in [3.05, 3.63) is 70.9 Å². The van der Waals surface area contributed by atoms with Crippen LogP contribution in [0.25, 0.3) is 11.4 Å². The third-order valence-corrected chi connectivity index (χ3v) is 4.72. The van der Waals surface area contributed by atoms with Gasteiger partial charge in [0.15, 0.2) is 17.5 Å². The summed E-state index contributed by atoms with van der Waals surface area (Å²) < 4.78 is 26.8. The first-order valence-electron chi connectivity index (χ1n) is 9.28. The molecule has 2 aromatic heterocycles. The van der Waals surface area contributed by atoms with Crippen molar-refractivity contribution in [1.82, 2.24) is 30.8 Å². The van der Waals surface area contributed by atoms with Gasteiger partial charge in [-0.05, 0) is 54.1 Å². The van der Waals surface area contributed by atoms with Crippen LogP contribution in [0.1, 0.15) is 26.4 Å². The van der Waals surface area contributed by atoms with Crippen LogP contribution in [-0.4, -0.2) is 49.7 Å². The van der Waals surface area contributed by atoms with E-state index in [2.05, 4.69) is 36.1 Å². The van der Waals surface area contributed by atoms with Crippen molar-refractivity contribution >= 4 is 23.3 Å². The molecule has 4 rings (SSSR count). The van der Waals surface area contributed by atoms with Gasteiger partial charge in [0.2, 0.25) is 5.82 Å². The molecule has 0 aliphatic carbocycles. The molecule has 32 heavy (non-hydrogen) atoms. The van der Waals surface area contributed by atoms with Crippen LogP contribution in [0.2, 0.25) is 0 Å². The van der Waals surface area contributed by atoms with Crippen molar-refractivity contribution in [1.29, 1.82) is 0 Å². The lowest BCUT2D eigenvalue weighted by molar-refractivity contribution is 0.0986. The fourth-order valence-corrected chi connectivity index (χ4v) is 2.99. The standard InChI is InChI=1S/C20H16F2N8O2/c1-10-7-14(21)15(22)8-13(10)19(31)23-17-9-16(24-25-17)20(32)30(2)12-5-3-11(4-6-12)18-26-28-29-27-18/h3-9H,1-2H3,(H2,23,24,25,31)(H,26,27,28,29). The minimum Gasteiger partial charge on any atom is -0.310 e. The molecule has 0 aliphatic heterocycles. The second kappa shape index (κ2) is 8.34. The topological polar surface area (TPSA) is 133 Å². The van der Waals surface area contributed by atoms with Crippen molar-refractivity contribution in [2.75, 3.05) is 17.3 Å². The first-order valence-corrected chi connectivity index (χ1v) is 9.28. The summed E-state index contributed by atoms with van der Waals surface area (Å²) in [5.74, 6) is -2.78. The fraction of sp³-hybridized carbons (Fsp3) is 0.100. The molecule has 3 N–H and O–H groups in total. The Hall–Kier alpha value is -4.48. The number of anilines is 2. The lowest BCUT2D eigenvalue weighted by Crippen LogP contribution is -2.26. The summed E-state index contributed by atoms with van der Waals surface area (Å²) >= 11 is 0. The Balaban J connectivity index is 1.46. The van der Waals surface area contributed by atoms with Crippen LogP contribution >= 0.6 is 0 Å². The number of H-pyrrole nitrogens is 2. The van der Waals surface area contributed by atoms with E-state index in [-0.39, 0.29) is 22.6 Å². The van der Waals surface area contributed by atoms with Crippen LogP contribution in [0.15, 0.2) is 42.5 Å². The van der Waals surface area contributed by atoms with Crippen LogP contribution in [-0.2, 0) is 0 Å². The Bertz CT molecular complexity index is 1290. The number of carbonyl (C=O) groups is 2. The van der Waals surface area contributed by atoms with Gasteiger partial charge in [-0.2, -0.15) is 10.3 Å². The summed E-state index contributed by atoms with van der Waals surface area (Å²) in [5, 5.41) is 22.6. The molecular formula is C20H16F2N8O2. The lowest BCUT2D eigenvalue weighted by atomic mass is 10.1. The van der Waals surface area contributed by atoms with E-state index in [1.807, 2.05) is 0 Å². The molecule has 0 aliphatic rings. The third kappa shape index (κ3) is 4.05. The first-order chi connectivity index (χ1) is 15.3. The number of benzene rings is 2. The number of nitrogens with one attached hydrogen (secondary N) is 3. The summed E-state index contributed by atoms with van der Waals surface area (Å²) in [6.45, 7) is 1.48. The summed E-state index contributed by atoms with van der Waals surface area (Å²) in [6, 6.07) is 10.0. The zero-order valence-corrected chi connectivity index (χ0v) is 16.8. The molecule has 0 saturated carbocycles. The van der Waals surface area contributed by atoms with Crippen molar-refractivity contribution < 1.29 is 18.4 Å². The number of halogens is 2. The highest BCUT2D eigenvalue weighted by Crippen LogP contribution is 2.21. The van der Waals surface area contributed by atoms with Gasteiger partial charge < -0.3 is 10.2 Å². The quantitative estimate of drug-likeness (QED) is 0.439. The molecule has 0 bridgehead atoms. The van der Waals surface area contributed by atoms with Gasteiger partial charge in [-0.3, -0.25) is 14.7 Å². The van der Waals surface area contributed by atoms with E-state index in [9.17, 15) is 18.4 Å². The average Bonchev–Trinajstić information content (AvgIpc) is 3.48. The van der Waals surface area contributed by atoms with Gasteiger partial charge in [-0.25, -0.2) is 8.78 Å². The Kier molecular flexibility index (Phi) is 5.41. The van der Waals surface area contributed by atoms with Crippen LogP contribution in [0, 0.1) is 18.6 Å². The second-order valence-electron chi connectivity index (χ2n) is 6.85. The molecule has 0 fully saturated rings. The maximum atomic E-state index is 13.5. The minimum absolute atomic E-state index is 0.0430. The summed E-state index contributed by atoms with van der Waals surface area (Å²) in [6.07, 6.45) is 0. The zero-order chi connectivity index (χ0) is 22.8. The molecule has 162 valence electrons. The molecule has 0 saturated heterocycles. The number of amides is 2. The molecule has 0 spiro atoms. The maximum Gasteiger partial charge on any atom is 0.276 e. The monoisotopic (exact) mass is 438 g/mol. The highest BCUT2D eigenvalue weighted by atomic mass is 19.2. The highest BCUT2D eigenvalue weighted by Gasteiger charge is 2.19. The molecule has 10 nitrogen and oxygen atoms in total. The predicted molar refractivity (Wildman–Crippen MR) is 110 cm³/mol. The number of hydrogen-bond donors (Lipinski definition) is 3. The van der Waals surface area contributed by atoms with Crippen molar-refractivity contribution in [3.63, 3.8) is 0 Å². The number of aromatic nitrogens is 6. The smallest absolute Gasteiger partial charge is 0.276 e. The van der Waals surface area contributed by atoms with Crippen molar-refractivity contribution in [2.24, 2.45) is 0 Å². The van der Waals surface area contributed by atoms with Crippen LogP contribution in [0.3, 0.4) is 0 Å². The minimum atomic E-state index is -1.13. The van der Waals surface area contributed by atoms with Crippen molar-refractivity contribution in [3.8, 4) is 11.4 Å². The molecule has 0 unspecified atom stereocenters. The van der Waals surface area contributed by atoms with Crippen LogP contribution < -0.4 is 10.2 Å². The predicted octanol–water partition coefficient (Wildman–Crippen LogP) is 2.71. The molecular weight excluding hydrogens is 422 g/mol. The van der Waals surface area contributed by atoms with Gasteiger partial charge in [0.05, 0.1) is 0 Å². The first kappa shape index (κ1) is 20.8. The van der Waals surface area contributed by atoms with Crippen LogP contribution in [0.4, 0.5) is 20.3 Å². The van der Waals surface area contributed by atoms with E-state index in [1.165, 1.54) is 17.9 Å². The van der Waals surface area contributed by atoms with Gasteiger partial charge in [0.25, 0.3) is 11.8 Å². The van der Waals surface area contributed by atoms with E-state index < -0.39 is 23.4 Å². The molecule has 2 aromatic carbocycles. The number of nitrogens with zero attached hydrogens (tertiary/aromatic N) is 5. The Labute approximate surface area is 179 Å². The number of aromatic amines is 2. The number of aryl methyl sites for hydroxylation is 1. The Morgan fingerprint density at radius 2 is 1.75 bits per heavy atom. The van der Waals surface area contributed by atoms with Crippen LogP contribution in [0.5, 0.6) is 0 Å². The molecule has 0 radical (unpaired) electrons. The second-order valence-corrected chi connectivity index (χ2v) is 6.85. The Morgan fingerprint density at radius 3 is 2.44 bits per heavy atom. The van der Waals surface area contributed by atoms with Crippen molar-refractivity contribution in [2.45, 2.75) is 6.92 Å². The number of tetrazole rings is 1. The van der Waals surface area contributed by atoms with Gasteiger partial charge in [-0.15, -0.1) is 10.2 Å². The molecule has 2 heterocycles. The summed E-state index contributed by atoms with van der Waals surface area (Å²) in [4.78, 5) is 26.6. The fourth-order valence-electron chi connectivity index (χ4n) is 2.99. The summed E-state index contributed by atoms with van der Waals surface area (Å²) in [7, 11) is 1.58. The SMILES string of the molecule is Cc1cc(F)c(F)cc1C(=O)Nc1cc(C(=O)N(C)c2ccc(-c3nn[nH]n3)cc2)[nH]n1. The number of rotatable bonds is 5. The van der Waals surface area contributed by atoms with Gasteiger partial charge in [-0.1, -0.05) is 0 Å². The normalized spacial score (nSPS) is 10.8. The third-order valence-electron chi connectivity index (χ3n) is 4.72. The van der Waals surface area contributed by atoms with E-state index in [4.69, 9.17) is 0 Å². The lowest BCUT2D eigenvalue weighted by Gasteiger charge is -2.16. The maximum absolute atomic E-state index is 13.5. The van der Waals surface area contributed by atoms with Gasteiger partial charge >= 0.3 is 0 Å². The van der Waals surface area contributed by atoms with E-state index in [1.54, 1.807) is 31.3 Å². The largest absolute Gasteiger partial charge is 0.310 e. The average molecular weight is 438 g/mol. The molecule has 0 atom stereocenters. The number of carbonyl (C=O) groups excluding carboxylic acids is 2. The van der Waals surface area contributed by atoms with E-state index in [0.29, 0.717) is 11.5 Å². The molecule has 12 heteroatoms. The zero-order valence-electron chi connectivity index (χ0n) is 16.8. The van der Waals surface area contributed by atoms with Gasteiger partial charge in [0.1, 0.15) is 5.69 Å². The number of hydrogen-bond acceptors (Lipinski definition) is 6. The van der Waals surface area contributed by atoms with E-state index in [0.717, 1.165) is 17.7 Å². The van der Waals surface area contributed by atoms with Gasteiger partial charge in [0, 0.05) is 29.9 Å². The summed E-state index contributed by atoms with van der Waals surface area (Å²) in [5.41, 5.74) is 1.66. The molecule has 2 amide bonds.